The maximum absolute atomic E-state index is 11.7. The van der Waals surface area contributed by atoms with Crippen molar-refractivity contribution in [1.29, 1.82) is 0 Å². The Balaban J connectivity index is 2.85. The Morgan fingerprint density at radius 2 is 1.82 bits per heavy atom. The van der Waals surface area contributed by atoms with Gasteiger partial charge in [0.1, 0.15) is 5.76 Å². The van der Waals surface area contributed by atoms with E-state index in [0.717, 1.165) is 11.8 Å². The zero-order chi connectivity index (χ0) is 13.0. The summed E-state index contributed by atoms with van der Waals surface area (Å²) in [6.07, 6.45) is 0.336. The number of Topliss-reactive ketones (excluding diaryl/α,β-unsaturated/α-hetero) is 2. The third-order valence-corrected chi connectivity index (χ3v) is 3.57. The smallest absolute Gasteiger partial charge is 0.192 e. The minimum Gasteiger partial charge on any atom is -0.511 e. The second-order valence-corrected chi connectivity index (χ2v) is 5.15. The number of hydrogen-bond donors (Lipinski definition) is 1. The average Bonchev–Trinajstić information content (AvgIpc) is 2.28. The molecular weight excluding hydrogens is 240 g/mol. The van der Waals surface area contributed by atoms with Gasteiger partial charge >= 0.3 is 0 Å². The van der Waals surface area contributed by atoms with Crippen LogP contribution in [0.2, 0.25) is 0 Å². The largest absolute Gasteiger partial charge is 0.511 e. The van der Waals surface area contributed by atoms with Gasteiger partial charge in [0.2, 0.25) is 0 Å². The molecule has 1 N–H and O–H groups in total. The van der Waals surface area contributed by atoms with Gasteiger partial charge in [0.25, 0.3) is 0 Å². The number of carbonyl (C=O) groups excluding carboxylic acids is 3. The Bertz CT molecular complexity index is 364. The Hall–Kier alpha value is -1.10. The van der Waals surface area contributed by atoms with E-state index in [1.807, 2.05) is 6.92 Å². The average molecular weight is 256 g/mol. The number of allylic oxidation sites excluding steroid dienone is 2. The molecule has 0 unspecified atom stereocenters. The Morgan fingerprint density at radius 3 is 2.24 bits per heavy atom. The molecule has 1 fully saturated rings. The van der Waals surface area contributed by atoms with E-state index in [9.17, 15) is 19.5 Å². The predicted octanol–water partition coefficient (Wildman–Crippen LogP) is 2.04. The molecule has 0 spiro atoms. The van der Waals surface area contributed by atoms with Crippen LogP contribution in [0.15, 0.2) is 11.3 Å². The number of aliphatic hydroxyl groups is 1. The van der Waals surface area contributed by atoms with E-state index in [-0.39, 0.29) is 35.7 Å². The van der Waals surface area contributed by atoms with Gasteiger partial charge in [-0.3, -0.25) is 14.4 Å². The van der Waals surface area contributed by atoms with Crippen molar-refractivity contribution in [3.8, 4) is 0 Å². The molecule has 0 radical (unpaired) electrons. The van der Waals surface area contributed by atoms with Gasteiger partial charge < -0.3 is 5.11 Å². The molecule has 1 rings (SSSR count). The fourth-order valence-corrected chi connectivity index (χ4v) is 2.49. The number of ketones is 2. The minimum absolute atomic E-state index is 0.0387. The maximum atomic E-state index is 11.7. The van der Waals surface area contributed by atoms with Crippen LogP contribution >= 0.6 is 11.8 Å². The van der Waals surface area contributed by atoms with Gasteiger partial charge in [0.05, 0.1) is 5.57 Å². The van der Waals surface area contributed by atoms with E-state index >= 15 is 0 Å². The van der Waals surface area contributed by atoms with Crippen molar-refractivity contribution >= 4 is 28.4 Å². The summed E-state index contributed by atoms with van der Waals surface area (Å²) < 4.78 is 0. The molecule has 4 nitrogen and oxygen atoms in total. The molecule has 1 saturated carbocycles. The second kappa shape index (κ2) is 6.00. The highest BCUT2D eigenvalue weighted by atomic mass is 32.2. The predicted molar refractivity (Wildman–Crippen MR) is 65.8 cm³/mol. The van der Waals surface area contributed by atoms with Crippen LogP contribution in [-0.2, 0) is 14.4 Å². The van der Waals surface area contributed by atoms with Crippen molar-refractivity contribution in [2.45, 2.75) is 33.1 Å². The maximum Gasteiger partial charge on any atom is 0.192 e. The second-order valence-electron chi connectivity index (χ2n) is 3.88. The normalized spacial score (nSPS) is 20.6. The number of aliphatic hydroxyl groups excluding tert-OH is 1. The summed E-state index contributed by atoms with van der Waals surface area (Å²) in [5.74, 6) is -0.852. The lowest BCUT2D eigenvalue weighted by atomic mass is 9.83. The molecule has 94 valence electrons. The molecule has 0 aliphatic heterocycles. The van der Waals surface area contributed by atoms with Crippen molar-refractivity contribution in [1.82, 2.24) is 0 Å². The summed E-state index contributed by atoms with van der Waals surface area (Å²) in [5.41, 5.74) is -0.0990. The van der Waals surface area contributed by atoms with E-state index in [2.05, 4.69) is 0 Å². The van der Waals surface area contributed by atoms with Crippen molar-refractivity contribution in [2.75, 3.05) is 5.75 Å². The van der Waals surface area contributed by atoms with E-state index in [0.29, 0.717) is 5.75 Å². The Labute approximate surface area is 104 Å². The molecule has 1 aliphatic carbocycles. The number of thioether (sulfide) groups is 1. The minimum atomic E-state index is -0.520. The first kappa shape index (κ1) is 14.0. The van der Waals surface area contributed by atoms with Gasteiger partial charge in [-0.25, -0.2) is 0 Å². The Kier molecular flexibility index (Phi) is 4.93. The van der Waals surface area contributed by atoms with Gasteiger partial charge in [-0.15, -0.1) is 0 Å². The molecule has 5 heteroatoms. The van der Waals surface area contributed by atoms with Gasteiger partial charge in [-0.1, -0.05) is 25.6 Å². The molecule has 0 heterocycles. The summed E-state index contributed by atoms with van der Waals surface area (Å²) in [7, 11) is 0. The Morgan fingerprint density at radius 1 is 1.29 bits per heavy atom. The molecule has 0 amide bonds. The van der Waals surface area contributed by atoms with Gasteiger partial charge in [0.15, 0.2) is 16.7 Å². The molecule has 17 heavy (non-hydrogen) atoms. The first-order chi connectivity index (χ1) is 8.01. The number of rotatable bonds is 3. The molecule has 0 bridgehead atoms. The van der Waals surface area contributed by atoms with Crippen molar-refractivity contribution in [2.24, 2.45) is 5.92 Å². The molecule has 1 aliphatic rings. The van der Waals surface area contributed by atoms with Crippen LogP contribution < -0.4 is 0 Å². The highest BCUT2D eigenvalue weighted by Gasteiger charge is 2.35. The zero-order valence-corrected chi connectivity index (χ0v) is 10.8. The van der Waals surface area contributed by atoms with Crippen molar-refractivity contribution in [3.05, 3.63) is 11.3 Å². The zero-order valence-electron chi connectivity index (χ0n) is 9.99. The first-order valence-electron chi connectivity index (χ1n) is 5.66. The third kappa shape index (κ3) is 3.19. The fourth-order valence-electron chi connectivity index (χ4n) is 1.80. The summed E-state index contributed by atoms with van der Waals surface area (Å²) in [6.45, 7) is 3.52. The van der Waals surface area contributed by atoms with E-state index < -0.39 is 17.5 Å². The highest BCUT2D eigenvalue weighted by molar-refractivity contribution is 8.13. The van der Waals surface area contributed by atoms with Crippen LogP contribution in [0, 0.1) is 5.92 Å². The molecule has 0 aromatic rings. The van der Waals surface area contributed by atoms with Crippen LogP contribution in [0.1, 0.15) is 33.1 Å². The summed E-state index contributed by atoms with van der Waals surface area (Å²) in [5, 5.41) is 9.39. The van der Waals surface area contributed by atoms with E-state index in [1.54, 1.807) is 6.92 Å². The lowest BCUT2D eigenvalue weighted by molar-refractivity contribution is -0.130. The third-order valence-electron chi connectivity index (χ3n) is 2.66. The quantitative estimate of drug-likeness (QED) is 0.475. The summed E-state index contributed by atoms with van der Waals surface area (Å²) in [4.78, 5) is 35.1. The fraction of sp³-hybridized carbons (Fsp3) is 0.583. The van der Waals surface area contributed by atoms with Crippen molar-refractivity contribution in [3.63, 3.8) is 0 Å². The van der Waals surface area contributed by atoms with Crippen LogP contribution in [0.25, 0.3) is 0 Å². The molecule has 0 aromatic carbocycles. The van der Waals surface area contributed by atoms with Crippen molar-refractivity contribution < 1.29 is 19.5 Å². The number of hydrogen-bond acceptors (Lipinski definition) is 5. The summed E-state index contributed by atoms with van der Waals surface area (Å²) >= 11 is 1.14. The summed E-state index contributed by atoms with van der Waals surface area (Å²) in [6, 6.07) is 0. The lowest BCUT2D eigenvalue weighted by Crippen LogP contribution is -2.30. The molecular formula is C12H16O4S. The first-order valence-corrected chi connectivity index (χ1v) is 6.64. The van der Waals surface area contributed by atoms with E-state index in [4.69, 9.17) is 0 Å². The highest BCUT2D eigenvalue weighted by Crippen LogP contribution is 2.28. The standard InChI is InChI=1S/C12H16O4S/c1-3-8(13)11-9(14)5-7(6-10(11)15)12(16)17-4-2/h7,13H,3-6H2,1-2H3. The SMILES string of the molecule is CCSC(=O)C1CC(=O)C(=C(O)CC)C(=O)C1. The molecule has 0 aromatic heterocycles. The van der Waals surface area contributed by atoms with Crippen LogP contribution in [0.5, 0.6) is 0 Å². The van der Waals surface area contributed by atoms with Crippen LogP contribution in [0.4, 0.5) is 0 Å². The van der Waals surface area contributed by atoms with Crippen LogP contribution in [0.3, 0.4) is 0 Å². The topological polar surface area (TPSA) is 71.4 Å². The lowest BCUT2D eigenvalue weighted by Gasteiger charge is -2.20. The van der Waals surface area contributed by atoms with Gasteiger partial charge in [-0.05, 0) is 5.75 Å². The van der Waals surface area contributed by atoms with Gasteiger partial charge in [0, 0.05) is 25.2 Å². The number of carbonyl (C=O) groups is 3. The molecule has 0 atom stereocenters. The van der Waals surface area contributed by atoms with E-state index in [1.165, 1.54) is 0 Å². The molecule has 0 saturated heterocycles. The monoisotopic (exact) mass is 256 g/mol. The van der Waals surface area contributed by atoms with Crippen LogP contribution in [-0.4, -0.2) is 27.5 Å². The van der Waals surface area contributed by atoms with Gasteiger partial charge in [-0.2, -0.15) is 0 Å².